The number of carbonyl (C=O) groups is 1. The van der Waals surface area contributed by atoms with E-state index in [1.54, 1.807) is 0 Å². The van der Waals surface area contributed by atoms with Crippen LogP contribution < -0.4 is 5.32 Å². The maximum Gasteiger partial charge on any atom is 0.317 e. The number of nitrogens with zero attached hydrogens (tertiary/aromatic N) is 3. The van der Waals surface area contributed by atoms with Gasteiger partial charge in [0.2, 0.25) is 0 Å². The van der Waals surface area contributed by atoms with Crippen LogP contribution in [0.25, 0.3) is 10.9 Å². The summed E-state index contributed by atoms with van der Waals surface area (Å²) in [6, 6.07) is 11.0. The van der Waals surface area contributed by atoms with Gasteiger partial charge in [0.1, 0.15) is 0 Å². The summed E-state index contributed by atoms with van der Waals surface area (Å²) in [5, 5.41) is 4.39. The second kappa shape index (κ2) is 8.39. The summed E-state index contributed by atoms with van der Waals surface area (Å²) in [6.07, 6.45) is 5.15. The van der Waals surface area contributed by atoms with Crippen molar-refractivity contribution in [3.63, 3.8) is 0 Å². The van der Waals surface area contributed by atoms with Crippen LogP contribution in [0.1, 0.15) is 26.2 Å². The third-order valence-corrected chi connectivity index (χ3v) is 5.06. The molecular formula is C20H30N4O. The van der Waals surface area contributed by atoms with Crippen molar-refractivity contribution in [2.75, 3.05) is 33.2 Å². The van der Waals surface area contributed by atoms with E-state index in [9.17, 15) is 4.79 Å². The number of fused-ring (bicyclic) bond motifs is 1. The molecule has 1 aromatic carbocycles. The standard InChI is InChI=1S/C20H30N4O/c1-3-12-24(18-10-14-22(2)16-18)20(25)21-11-6-13-23-15-9-17-7-4-5-8-19(17)23/h4-5,7-9,15,18H,3,6,10-14,16H2,1-2H3,(H,21,25). The lowest BCUT2D eigenvalue weighted by Gasteiger charge is -2.28. The highest BCUT2D eigenvalue weighted by atomic mass is 16.2. The number of aromatic nitrogens is 1. The molecule has 1 unspecified atom stereocenters. The summed E-state index contributed by atoms with van der Waals surface area (Å²) >= 11 is 0. The molecule has 1 aliphatic rings. The maximum absolute atomic E-state index is 12.6. The van der Waals surface area contributed by atoms with Crippen molar-refractivity contribution in [2.24, 2.45) is 0 Å². The van der Waals surface area contributed by atoms with Crippen molar-refractivity contribution in [2.45, 2.75) is 38.8 Å². The predicted molar refractivity (Wildman–Crippen MR) is 103 cm³/mol. The Morgan fingerprint density at radius 1 is 1.32 bits per heavy atom. The topological polar surface area (TPSA) is 40.5 Å². The molecule has 2 heterocycles. The second-order valence-electron chi connectivity index (χ2n) is 7.05. The minimum absolute atomic E-state index is 0.0968. The molecule has 1 saturated heterocycles. The number of benzene rings is 1. The van der Waals surface area contributed by atoms with E-state index < -0.39 is 0 Å². The summed E-state index contributed by atoms with van der Waals surface area (Å²) in [6.45, 7) is 6.69. The van der Waals surface area contributed by atoms with E-state index in [-0.39, 0.29) is 6.03 Å². The van der Waals surface area contributed by atoms with Crippen LogP contribution in [-0.4, -0.2) is 59.7 Å². The molecule has 136 valence electrons. The van der Waals surface area contributed by atoms with Crippen LogP contribution in [0, 0.1) is 0 Å². The molecule has 25 heavy (non-hydrogen) atoms. The smallest absolute Gasteiger partial charge is 0.317 e. The molecule has 2 aromatic rings. The van der Waals surface area contributed by atoms with Gasteiger partial charge in [0.05, 0.1) is 0 Å². The average Bonchev–Trinajstić information content (AvgIpc) is 3.23. The van der Waals surface area contributed by atoms with Crippen molar-refractivity contribution in [3.8, 4) is 0 Å². The zero-order valence-corrected chi connectivity index (χ0v) is 15.4. The third-order valence-electron chi connectivity index (χ3n) is 5.06. The molecule has 0 aliphatic carbocycles. The first-order valence-corrected chi connectivity index (χ1v) is 9.46. The molecule has 0 bridgehead atoms. The Morgan fingerprint density at radius 3 is 2.92 bits per heavy atom. The second-order valence-corrected chi connectivity index (χ2v) is 7.05. The van der Waals surface area contributed by atoms with Gasteiger partial charge < -0.3 is 19.7 Å². The SMILES string of the molecule is CCCN(C(=O)NCCCn1ccc2ccccc21)C1CCN(C)C1. The molecule has 1 aliphatic heterocycles. The van der Waals surface area contributed by atoms with Crippen molar-refractivity contribution >= 4 is 16.9 Å². The summed E-state index contributed by atoms with van der Waals surface area (Å²) in [4.78, 5) is 16.9. The molecule has 2 amide bonds. The average molecular weight is 342 g/mol. The van der Waals surface area contributed by atoms with E-state index in [1.165, 1.54) is 10.9 Å². The van der Waals surface area contributed by atoms with Crippen LogP contribution >= 0.6 is 0 Å². The minimum atomic E-state index is 0.0968. The van der Waals surface area contributed by atoms with Crippen LogP contribution in [0.3, 0.4) is 0 Å². The fourth-order valence-corrected chi connectivity index (χ4v) is 3.74. The van der Waals surface area contributed by atoms with Crippen LogP contribution in [0.4, 0.5) is 4.79 Å². The van der Waals surface area contributed by atoms with Gasteiger partial charge in [-0.1, -0.05) is 25.1 Å². The molecule has 0 saturated carbocycles. The predicted octanol–water partition coefficient (Wildman–Crippen LogP) is 3.16. The van der Waals surface area contributed by atoms with E-state index in [0.29, 0.717) is 12.6 Å². The lowest BCUT2D eigenvalue weighted by molar-refractivity contribution is 0.175. The molecule has 1 aromatic heterocycles. The van der Waals surface area contributed by atoms with Crippen molar-refractivity contribution in [1.82, 2.24) is 19.7 Å². The number of urea groups is 1. The quantitative estimate of drug-likeness (QED) is 0.785. The van der Waals surface area contributed by atoms with Crippen LogP contribution in [0.2, 0.25) is 0 Å². The first kappa shape index (κ1) is 17.8. The Kier molecular flexibility index (Phi) is 5.97. The molecule has 3 rings (SSSR count). The fourth-order valence-electron chi connectivity index (χ4n) is 3.74. The van der Waals surface area contributed by atoms with Crippen molar-refractivity contribution < 1.29 is 4.79 Å². The number of hydrogen-bond donors (Lipinski definition) is 1. The number of amides is 2. The van der Waals surface area contributed by atoms with E-state index >= 15 is 0 Å². The Bertz CT molecular complexity index is 696. The normalized spacial score (nSPS) is 17.9. The van der Waals surface area contributed by atoms with Crippen molar-refractivity contribution in [1.29, 1.82) is 0 Å². The number of rotatable bonds is 7. The van der Waals surface area contributed by atoms with Crippen LogP contribution in [0.5, 0.6) is 0 Å². The van der Waals surface area contributed by atoms with Gasteiger partial charge >= 0.3 is 6.03 Å². The summed E-state index contributed by atoms with van der Waals surface area (Å²) in [5.41, 5.74) is 1.26. The monoisotopic (exact) mass is 342 g/mol. The fraction of sp³-hybridized carbons (Fsp3) is 0.550. The Balaban J connectivity index is 1.47. The molecule has 1 fully saturated rings. The molecule has 1 atom stereocenters. The number of aryl methyl sites for hydroxylation is 1. The van der Waals surface area contributed by atoms with Crippen molar-refractivity contribution in [3.05, 3.63) is 36.5 Å². The van der Waals surface area contributed by atoms with Gasteiger partial charge in [0.25, 0.3) is 0 Å². The maximum atomic E-state index is 12.6. The minimum Gasteiger partial charge on any atom is -0.347 e. The lowest BCUT2D eigenvalue weighted by Crippen LogP contribution is -2.47. The van der Waals surface area contributed by atoms with Gasteiger partial charge in [-0.15, -0.1) is 0 Å². The number of likely N-dealkylation sites (tertiary alicyclic amines) is 1. The number of carbonyl (C=O) groups excluding carboxylic acids is 1. The van der Waals surface area contributed by atoms with Gasteiger partial charge in [-0.25, -0.2) is 4.79 Å². The number of likely N-dealkylation sites (N-methyl/N-ethyl adjacent to an activating group) is 1. The van der Waals surface area contributed by atoms with Gasteiger partial charge in [0.15, 0.2) is 0 Å². The van der Waals surface area contributed by atoms with E-state index in [0.717, 1.165) is 45.4 Å². The molecule has 1 N–H and O–H groups in total. The highest BCUT2D eigenvalue weighted by Crippen LogP contribution is 2.16. The molecule has 0 spiro atoms. The number of hydrogen-bond acceptors (Lipinski definition) is 2. The third kappa shape index (κ3) is 4.34. The van der Waals surface area contributed by atoms with Gasteiger partial charge in [-0.2, -0.15) is 0 Å². The first-order valence-electron chi connectivity index (χ1n) is 9.46. The molecule has 5 heteroatoms. The molecular weight excluding hydrogens is 312 g/mol. The van der Waals surface area contributed by atoms with E-state index in [4.69, 9.17) is 0 Å². The zero-order valence-electron chi connectivity index (χ0n) is 15.4. The van der Waals surface area contributed by atoms with Gasteiger partial charge in [-0.05, 0) is 50.4 Å². The largest absolute Gasteiger partial charge is 0.347 e. The van der Waals surface area contributed by atoms with Crippen LogP contribution in [-0.2, 0) is 6.54 Å². The van der Waals surface area contributed by atoms with Gasteiger partial charge in [-0.3, -0.25) is 0 Å². The summed E-state index contributed by atoms with van der Waals surface area (Å²) in [5.74, 6) is 0. The van der Waals surface area contributed by atoms with E-state index in [1.807, 2.05) is 4.90 Å². The highest BCUT2D eigenvalue weighted by Gasteiger charge is 2.28. The van der Waals surface area contributed by atoms with E-state index in [2.05, 4.69) is 65.3 Å². The highest BCUT2D eigenvalue weighted by molar-refractivity contribution is 5.79. The Labute approximate surface area is 150 Å². The Morgan fingerprint density at radius 2 is 2.16 bits per heavy atom. The van der Waals surface area contributed by atoms with Gasteiger partial charge in [0, 0.05) is 43.9 Å². The van der Waals surface area contributed by atoms with Crippen LogP contribution in [0.15, 0.2) is 36.5 Å². The number of nitrogens with one attached hydrogen (secondary N) is 1. The lowest BCUT2D eigenvalue weighted by atomic mass is 10.2. The zero-order chi connectivity index (χ0) is 17.6. The summed E-state index contributed by atoms with van der Waals surface area (Å²) in [7, 11) is 2.13. The Hall–Kier alpha value is -2.01. The summed E-state index contributed by atoms with van der Waals surface area (Å²) < 4.78 is 2.26. The molecule has 0 radical (unpaired) electrons. The molecule has 5 nitrogen and oxygen atoms in total. The number of para-hydroxylation sites is 1. The first-order chi connectivity index (χ1) is 12.2.